The van der Waals surface area contributed by atoms with Crippen molar-refractivity contribution in [1.29, 1.82) is 0 Å². The number of nitrogens with zero attached hydrogens (tertiary/aromatic N) is 3. The summed E-state index contributed by atoms with van der Waals surface area (Å²) in [5.41, 5.74) is 3.44. The smallest absolute Gasteiger partial charge is 0.276 e. The maximum atomic E-state index is 11.2. The van der Waals surface area contributed by atoms with Crippen LogP contribution in [0.15, 0.2) is 12.4 Å². The summed E-state index contributed by atoms with van der Waals surface area (Å²) in [6.07, 6.45) is 5.32. The van der Waals surface area contributed by atoms with Crippen molar-refractivity contribution in [2.24, 2.45) is 7.05 Å². The molecule has 0 saturated carbocycles. The van der Waals surface area contributed by atoms with Crippen LogP contribution in [-0.2, 0) is 23.1 Å². The molecule has 0 radical (unpaired) electrons. The fraction of sp³-hybridized carbons (Fsp3) is 0.667. The first-order valence-electron chi connectivity index (χ1n) is 5.41. The fourth-order valence-corrected chi connectivity index (χ4v) is 2.20. The van der Waals surface area contributed by atoms with E-state index >= 15 is 0 Å². The van der Waals surface area contributed by atoms with E-state index in [0.29, 0.717) is 12.2 Å². The molecule has 1 aromatic heterocycles. The lowest BCUT2D eigenvalue weighted by Crippen LogP contribution is -2.43. The summed E-state index contributed by atoms with van der Waals surface area (Å²) in [6, 6.07) is 0. The van der Waals surface area contributed by atoms with E-state index in [4.69, 9.17) is 4.74 Å². The summed E-state index contributed by atoms with van der Waals surface area (Å²) in [5, 5.41) is 3.96. The number of nitrogens with one attached hydrogen (secondary N) is 1. The molecule has 2 rings (SSSR count). The van der Waals surface area contributed by atoms with Gasteiger partial charge in [-0.25, -0.2) is 9.63 Å². The molecule has 0 spiro atoms. The van der Waals surface area contributed by atoms with Crippen LogP contribution < -0.4 is 9.84 Å². The van der Waals surface area contributed by atoms with Gasteiger partial charge in [-0.2, -0.15) is 9.51 Å². The van der Waals surface area contributed by atoms with Crippen LogP contribution in [0.2, 0.25) is 0 Å². The average molecular weight is 260 g/mol. The van der Waals surface area contributed by atoms with Gasteiger partial charge in [0.15, 0.2) is 0 Å². The summed E-state index contributed by atoms with van der Waals surface area (Å²) in [7, 11) is 1.75. The molecule has 2 N–H and O–H groups in total. The van der Waals surface area contributed by atoms with E-state index in [1.165, 1.54) is 10.6 Å². The fourth-order valence-electron chi connectivity index (χ4n) is 1.74. The van der Waals surface area contributed by atoms with Crippen LogP contribution in [0.4, 0.5) is 5.69 Å². The second-order valence-electron chi connectivity index (χ2n) is 3.89. The quantitative estimate of drug-likeness (QED) is 0.577. The van der Waals surface area contributed by atoms with E-state index in [1.807, 2.05) is 0 Å². The Labute approximate surface area is 102 Å². The highest BCUT2D eigenvalue weighted by Crippen LogP contribution is 2.14. The molecule has 8 heteroatoms. The highest BCUT2D eigenvalue weighted by Gasteiger charge is 2.19. The van der Waals surface area contributed by atoms with Gasteiger partial charge in [-0.15, -0.1) is 0 Å². The number of rotatable bonds is 5. The van der Waals surface area contributed by atoms with Gasteiger partial charge in [0.25, 0.3) is 11.3 Å². The summed E-state index contributed by atoms with van der Waals surface area (Å²) < 4.78 is 28.6. The normalized spacial score (nSPS) is 21.6. The molecular formula is C9H16N4O3S. The third-order valence-electron chi connectivity index (χ3n) is 2.57. The van der Waals surface area contributed by atoms with Gasteiger partial charge in [-0.05, 0) is 12.8 Å². The highest BCUT2D eigenvalue weighted by molar-refractivity contribution is 7.80. The van der Waals surface area contributed by atoms with Gasteiger partial charge in [0, 0.05) is 20.2 Å². The Kier molecular flexibility index (Phi) is 4.11. The molecule has 1 aliphatic heterocycles. The Morgan fingerprint density at radius 2 is 2.65 bits per heavy atom. The molecule has 1 aliphatic rings. The lowest BCUT2D eigenvalue weighted by Gasteiger charge is -2.20. The zero-order valence-electron chi connectivity index (χ0n) is 9.57. The van der Waals surface area contributed by atoms with Gasteiger partial charge in [0.1, 0.15) is 5.69 Å². The molecule has 2 heterocycles. The van der Waals surface area contributed by atoms with E-state index < -0.39 is 11.3 Å². The molecule has 17 heavy (non-hydrogen) atoms. The van der Waals surface area contributed by atoms with Crippen molar-refractivity contribution in [1.82, 2.24) is 15.2 Å². The predicted molar refractivity (Wildman–Crippen MR) is 63.4 cm³/mol. The molecule has 0 aromatic carbocycles. The van der Waals surface area contributed by atoms with E-state index in [0.717, 1.165) is 19.4 Å². The zero-order chi connectivity index (χ0) is 12.3. The molecule has 1 aromatic rings. The number of hydrogen-bond donors (Lipinski definition) is 2. The number of hydrazine groups is 1. The largest absolute Gasteiger partial charge is 0.377 e. The molecule has 0 aliphatic carbocycles. The lowest BCUT2D eigenvalue weighted by atomic mass is 10.2. The Morgan fingerprint density at radius 3 is 3.18 bits per heavy atom. The third kappa shape index (κ3) is 3.25. The van der Waals surface area contributed by atoms with E-state index in [1.54, 1.807) is 17.9 Å². The van der Waals surface area contributed by atoms with Crippen LogP contribution >= 0.6 is 0 Å². The van der Waals surface area contributed by atoms with Crippen molar-refractivity contribution in [3.63, 3.8) is 0 Å². The number of ether oxygens (including phenoxy) is 1. The molecule has 7 nitrogen and oxygen atoms in total. The Balaban J connectivity index is 1.95. The molecule has 1 saturated heterocycles. The molecule has 96 valence electrons. The SMILES string of the molecule is Cn1cc(N(NCC2CCCO2)S(=O)O)cn1. The zero-order valence-corrected chi connectivity index (χ0v) is 10.4. The van der Waals surface area contributed by atoms with Crippen molar-refractivity contribution in [3.05, 3.63) is 12.4 Å². The van der Waals surface area contributed by atoms with Crippen LogP contribution in [0.3, 0.4) is 0 Å². The number of hydrogen-bond acceptors (Lipinski definition) is 4. The molecule has 0 amide bonds. The Morgan fingerprint density at radius 1 is 1.82 bits per heavy atom. The molecule has 0 bridgehead atoms. The Hall–Kier alpha value is -0.960. The first-order chi connectivity index (χ1) is 8.16. The van der Waals surface area contributed by atoms with Crippen LogP contribution in [0.5, 0.6) is 0 Å². The maximum absolute atomic E-state index is 11.2. The van der Waals surface area contributed by atoms with Crippen molar-refractivity contribution in [2.45, 2.75) is 18.9 Å². The topological polar surface area (TPSA) is 79.6 Å². The van der Waals surface area contributed by atoms with Gasteiger partial charge in [-0.1, -0.05) is 0 Å². The Bertz CT molecular complexity index is 391. The van der Waals surface area contributed by atoms with Gasteiger partial charge < -0.3 is 4.74 Å². The molecular weight excluding hydrogens is 244 g/mol. The molecule has 2 atom stereocenters. The maximum Gasteiger partial charge on any atom is 0.276 e. The summed E-state index contributed by atoms with van der Waals surface area (Å²) in [5.74, 6) is 0. The average Bonchev–Trinajstić information content (AvgIpc) is 2.90. The second-order valence-corrected chi connectivity index (χ2v) is 4.72. The minimum Gasteiger partial charge on any atom is -0.377 e. The van der Waals surface area contributed by atoms with Crippen molar-refractivity contribution in [3.8, 4) is 0 Å². The number of anilines is 1. The van der Waals surface area contributed by atoms with Crippen molar-refractivity contribution < 1.29 is 13.5 Å². The predicted octanol–water partition coefficient (Wildman–Crippen LogP) is 0.0468. The van der Waals surface area contributed by atoms with Gasteiger partial charge >= 0.3 is 0 Å². The second kappa shape index (κ2) is 5.58. The van der Waals surface area contributed by atoms with Crippen LogP contribution in [0.1, 0.15) is 12.8 Å². The minimum atomic E-state index is -2.13. The van der Waals surface area contributed by atoms with E-state index in [2.05, 4.69) is 10.5 Å². The summed E-state index contributed by atoms with van der Waals surface area (Å²) in [4.78, 5) is 0. The van der Waals surface area contributed by atoms with E-state index in [9.17, 15) is 8.76 Å². The minimum absolute atomic E-state index is 0.109. The van der Waals surface area contributed by atoms with Crippen LogP contribution in [0, 0.1) is 0 Å². The van der Waals surface area contributed by atoms with Crippen LogP contribution in [0.25, 0.3) is 0 Å². The first-order valence-corrected chi connectivity index (χ1v) is 6.48. The van der Waals surface area contributed by atoms with Crippen molar-refractivity contribution in [2.75, 3.05) is 17.6 Å². The van der Waals surface area contributed by atoms with Gasteiger partial charge in [0.05, 0.1) is 18.5 Å². The van der Waals surface area contributed by atoms with Gasteiger partial charge in [0.2, 0.25) is 0 Å². The molecule has 1 fully saturated rings. The standard InChI is InChI=1S/C9H16N4O3S/c1-12-7-8(5-10-12)13(17(14)15)11-6-9-3-2-4-16-9/h5,7,9,11H,2-4,6H2,1H3,(H,14,15). The van der Waals surface area contributed by atoms with Crippen molar-refractivity contribution >= 4 is 17.0 Å². The monoisotopic (exact) mass is 260 g/mol. The lowest BCUT2D eigenvalue weighted by molar-refractivity contribution is 0.110. The number of aromatic nitrogens is 2. The van der Waals surface area contributed by atoms with Crippen LogP contribution in [-0.4, -0.2) is 37.8 Å². The van der Waals surface area contributed by atoms with Gasteiger partial charge in [-0.3, -0.25) is 9.23 Å². The highest BCUT2D eigenvalue weighted by atomic mass is 32.2. The first kappa shape index (κ1) is 12.5. The number of aryl methyl sites for hydroxylation is 1. The molecule has 2 unspecified atom stereocenters. The summed E-state index contributed by atoms with van der Waals surface area (Å²) in [6.45, 7) is 1.28. The summed E-state index contributed by atoms with van der Waals surface area (Å²) >= 11 is -2.13. The third-order valence-corrected chi connectivity index (χ3v) is 3.22. The van der Waals surface area contributed by atoms with E-state index in [-0.39, 0.29) is 6.10 Å².